The third-order valence-corrected chi connectivity index (χ3v) is 4.35. The second kappa shape index (κ2) is 6.72. The predicted molar refractivity (Wildman–Crippen MR) is 82.5 cm³/mol. The van der Waals surface area contributed by atoms with Crippen LogP contribution in [-0.2, 0) is 19.6 Å². The highest BCUT2D eigenvalue weighted by Crippen LogP contribution is 2.27. The van der Waals surface area contributed by atoms with E-state index in [9.17, 15) is 5.11 Å². The van der Waals surface area contributed by atoms with Crippen LogP contribution in [0.3, 0.4) is 0 Å². The number of methoxy groups -OCH3 is 1. The fourth-order valence-corrected chi connectivity index (χ4v) is 2.97. The summed E-state index contributed by atoms with van der Waals surface area (Å²) in [5.74, 6) is 0.862. The van der Waals surface area contributed by atoms with Gasteiger partial charge in [0.15, 0.2) is 5.13 Å². The Morgan fingerprint density at radius 1 is 1.30 bits per heavy atom. The molecule has 20 heavy (non-hydrogen) atoms. The minimum absolute atomic E-state index is 0.0667. The van der Waals surface area contributed by atoms with Crippen molar-refractivity contribution in [2.45, 2.75) is 26.5 Å². The molecule has 0 radical (unpaired) electrons. The lowest BCUT2D eigenvalue weighted by atomic mass is 10.2. The first-order chi connectivity index (χ1) is 9.67. The van der Waals surface area contributed by atoms with Crippen LogP contribution in [0.2, 0.25) is 0 Å². The summed E-state index contributed by atoms with van der Waals surface area (Å²) in [6, 6.07) is 8.02. The molecule has 1 aromatic heterocycles. The van der Waals surface area contributed by atoms with Gasteiger partial charge in [-0.3, -0.25) is 0 Å². The van der Waals surface area contributed by atoms with Crippen molar-refractivity contribution in [3.63, 3.8) is 0 Å². The van der Waals surface area contributed by atoms with Gasteiger partial charge in [-0.05, 0) is 24.1 Å². The van der Waals surface area contributed by atoms with Crippen molar-refractivity contribution in [3.05, 3.63) is 40.4 Å². The Bertz CT molecular complexity index is 530. The van der Waals surface area contributed by atoms with Gasteiger partial charge >= 0.3 is 0 Å². The fourth-order valence-electron chi connectivity index (χ4n) is 2.01. The lowest BCUT2D eigenvalue weighted by Gasteiger charge is -2.15. The fraction of sp³-hybridized carbons (Fsp3) is 0.400. The number of benzene rings is 1. The van der Waals surface area contributed by atoms with Crippen molar-refractivity contribution in [1.82, 2.24) is 4.98 Å². The molecule has 0 fully saturated rings. The molecule has 108 valence electrons. The number of thiazole rings is 1. The molecule has 0 aliphatic rings. The van der Waals surface area contributed by atoms with Crippen LogP contribution in [-0.4, -0.2) is 24.2 Å². The topological polar surface area (TPSA) is 45.6 Å². The van der Waals surface area contributed by atoms with E-state index in [-0.39, 0.29) is 6.61 Å². The Balaban J connectivity index is 2.10. The molecule has 0 aliphatic heterocycles. The van der Waals surface area contributed by atoms with Gasteiger partial charge in [-0.2, -0.15) is 0 Å². The lowest BCUT2D eigenvalue weighted by molar-refractivity contribution is 0.284. The number of aryl methyl sites for hydroxylation is 1. The summed E-state index contributed by atoms with van der Waals surface area (Å²) in [5.41, 5.74) is 2.20. The van der Waals surface area contributed by atoms with E-state index in [1.807, 2.05) is 19.2 Å². The quantitative estimate of drug-likeness (QED) is 0.889. The Kier molecular flexibility index (Phi) is 4.98. The SMILES string of the molecule is CCc1nc(N(C)Cc2ccc(OC)cc2)sc1CO. The molecule has 0 spiro atoms. The number of hydrogen-bond acceptors (Lipinski definition) is 5. The first kappa shape index (κ1) is 14.8. The number of ether oxygens (including phenoxy) is 1. The van der Waals surface area contributed by atoms with Crippen LogP contribution in [0, 0.1) is 0 Å². The summed E-state index contributed by atoms with van der Waals surface area (Å²) in [5, 5.41) is 10.3. The van der Waals surface area contributed by atoms with Crippen molar-refractivity contribution in [3.8, 4) is 5.75 Å². The van der Waals surface area contributed by atoms with Gasteiger partial charge in [0.2, 0.25) is 0 Å². The number of aromatic nitrogens is 1. The number of aliphatic hydroxyl groups excluding tert-OH is 1. The van der Waals surface area contributed by atoms with Crippen LogP contribution in [0.25, 0.3) is 0 Å². The van der Waals surface area contributed by atoms with Gasteiger partial charge in [-0.1, -0.05) is 30.4 Å². The van der Waals surface area contributed by atoms with Crippen molar-refractivity contribution >= 4 is 16.5 Å². The van der Waals surface area contributed by atoms with Gasteiger partial charge in [0, 0.05) is 13.6 Å². The van der Waals surface area contributed by atoms with E-state index >= 15 is 0 Å². The van der Waals surface area contributed by atoms with Crippen molar-refractivity contribution < 1.29 is 9.84 Å². The molecule has 0 saturated carbocycles. The number of rotatable bonds is 6. The van der Waals surface area contributed by atoms with E-state index in [0.29, 0.717) is 0 Å². The van der Waals surface area contributed by atoms with Crippen molar-refractivity contribution in [2.24, 2.45) is 0 Å². The summed E-state index contributed by atoms with van der Waals surface area (Å²) in [6.07, 6.45) is 0.850. The van der Waals surface area contributed by atoms with Crippen LogP contribution in [0.5, 0.6) is 5.75 Å². The Hall–Kier alpha value is -1.59. The Labute approximate surface area is 123 Å². The second-order valence-corrected chi connectivity index (χ2v) is 5.64. The summed E-state index contributed by atoms with van der Waals surface area (Å²) in [6.45, 7) is 2.91. The van der Waals surface area contributed by atoms with Crippen LogP contribution >= 0.6 is 11.3 Å². The molecule has 1 heterocycles. The third-order valence-electron chi connectivity index (χ3n) is 3.15. The number of aliphatic hydroxyl groups is 1. The van der Waals surface area contributed by atoms with Gasteiger partial charge in [-0.15, -0.1) is 0 Å². The lowest BCUT2D eigenvalue weighted by Crippen LogP contribution is -2.16. The van der Waals surface area contributed by atoms with E-state index in [2.05, 4.69) is 28.9 Å². The van der Waals surface area contributed by atoms with E-state index in [4.69, 9.17) is 4.74 Å². The molecule has 0 amide bonds. The maximum atomic E-state index is 9.33. The summed E-state index contributed by atoms with van der Waals surface area (Å²) in [4.78, 5) is 7.65. The zero-order valence-corrected chi connectivity index (χ0v) is 12.9. The molecular formula is C15H20N2O2S. The van der Waals surface area contributed by atoms with Crippen molar-refractivity contribution in [2.75, 3.05) is 19.1 Å². The van der Waals surface area contributed by atoms with E-state index in [1.54, 1.807) is 18.4 Å². The summed E-state index contributed by atoms with van der Waals surface area (Å²) in [7, 11) is 3.68. The molecule has 0 aliphatic carbocycles. The van der Waals surface area contributed by atoms with E-state index < -0.39 is 0 Å². The average Bonchev–Trinajstić information content (AvgIpc) is 2.91. The maximum absolute atomic E-state index is 9.33. The molecule has 1 aromatic carbocycles. The van der Waals surface area contributed by atoms with Crippen LogP contribution in [0.1, 0.15) is 23.1 Å². The highest BCUT2D eigenvalue weighted by Gasteiger charge is 2.12. The normalized spacial score (nSPS) is 10.6. The van der Waals surface area contributed by atoms with Gasteiger partial charge in [0.1, 0.15) is 5.75 Å². The third kappa shape index (κ3) is 3.29. The zero-order chi connectivity index (χ0) is 14.5. The maximum Gasteiger partial charge on any atom is 0.185 e. The van der Waals surface area contributed by atoms with E-state index in [1.165, 1.54) is 5.56 Å². The molecule has 0 saturated heterocycles. The second-order valence-electron chi connectivity index (χ2n) is 4.58. The standard InChI is InChI=1S/C15H20N2O2S/c1-4-13-14(10-18)20-15(16-13)17(2)9-11-5-7-12(19-3)8-6-11/h5-8,18H,4,9-10H2,1-3H3. The monoisotopic (exact) mass is 292 g/mol. The van der Waals surface area contributed by atoms with Crippen LogP contribution in [0.15, 0.2) is 24.3 Å². The smallest absolute Gasteiger partial charge is 0.185 e. The van der Waals surface area contributed by atoms with Gasteiger partial charge in [0.25, 0.3) is 0 Å². The number of nitrogens with zero attached hydrogens (tertiary/aromatic N) is 2. The highest BCUT2D eigenvalue weighted by atomic mass is 32.1. The predicted octanol–water partition coefficient (Wildman–Crippen LogP) is 2.84. The first-order valence-electron chi connectivity index (χ1n) is 6.61. The molecule has 0 unspecified atom stereocenters. The molecule has 1 N–H and O–H groups in total. The minimum atomic E-state index is 0.0667. The van der Waals surface area contributed by atoms with Gasteiger partial charge < -0.3 is 14.7 Å². The van der Waals surface area contributed by atoms with Crippen LogP contribution in [0.4, 0.5) is 5.13 Å². The molecule has 2 aromatic rings. The summed E-state index contributed by atoms with van der Waals surface area (Å²) < 4.78 is 5.16. The molecule has 0 atom stereocenters. The Morgan fingerprint density at radius 2 is 2.00 bits per heavy atom. The average molecular weight is 292 g/mol. The Morgan fingerprint density at radius 3 is 2.50 bits per heavy atom. The zero-order valence-electron chi connectivity index (χ0n) is 12.1. The summed E-state index contributed by atoms with van der Waals surface area (Å²) >= 11 is 1.56. The molecule has 0 bridgehead atoms. The largest absolute Gasteiger partial charge is 0.497 e. The first-order valence-corrected chi connectivity index (χ1v) is 7.43. The van der Waals surface area contributed by atoms with Crippen LogP contribution < -0.4 is 9.64 Å². The minimum Gasteiger partial charge on any atom is -0.497 e. The number of anilines is 1. The molecule has 4 nitrogen and oxygen atoms in total. The highest BCUT2D eigenvalue weighted by molar-refractivity contribution is 7.15. The van der Waals surface area contributed by atoms with Crippen molar-refractivity contribution in [1.29, 1.82) is 0 Å². The van der Waals surface area contributed by atoms with Gasteiger partial charge in [-0.25, -0.2) is 4.98 Å². The number of hydrogen-bond donors (Lipinski definition) is 1. The van der Waals surface area contributed by atoms with Gasteiger partial charge in [0.05, 0.1) is 24.3 Å². The molecule has 2 rings (SSSR count). The molecular weight excluding hydrogens is 272 g/mol. The molecule has 5 heteroatoms. The van der Waals surface area contributed by atoms with E-state index in [0.717, 1.165) is 34.4 Å².